The smallest absolute Gasteiger partial charge is 0.219 e. The number of Topliss-reactive ketones (excluding diaryl/α,β-unsaturated/α-hetero) is 1. The predicted octanol–water partition coefficient (Wildman–Crippen LogP) is 3.38. The number of hydrogen-bond donors (Lipinski definition) is 1. The van der Waals surface area contributed by atoms with E-state index >= 15 is 0 Å². The van der Waals surface area contributed by atoms with Crippen molar-refractivity contribution in [2.75, 3.05) is 6.54 Å². The van der Waals surface area contributed by atoms with E-state index in [9.17, 15) is 4.79 Å². The number of nitrogens with zero attached hydrogens (tertiary/aromatic N) is 1. The summed E-state index contributed by atoms with van der Waals surface area (Å²) < 4.78 is 7.46. The van der Waals surface area contributed by atoms with Gasteiger partial charge in [0.25, 0.3) is 0 Å². The molecule has 0 fully saturated rings. The molecule has 4 rings (SSSR count). The van der Waals surface area contributed by atoms with Crippen LogP contribution in [0.5, 0.6) is 0 Å². The van der Waals surface area contributed by atoms with Crippen LogP contribution in [-0.4, -0.2) is 16.9 Å². The quantitative estimate of drug-likeness (QED) is 0.545. The van der Waals surface area contributed by atoms with Crippen molar-refractivity contribution in [1.82, 2.24) is 4.57 Å². The number of benzene rings is 2. The molecular weight excluding hydrogens is 324 g/mol. The zero-order chi connectivity index (χ0) is 17.9. The summed E-state index contributed by atoms with van der Waals surface area (Å²) in [6, 6.07) is 22.0. The standard InChI is InChI=1S/C22H20N2O2/c1-24-19-12-6-5-11-18(19)21(22(24)16-8-3-2-4-9-16)20(25)15-23-14-17-10-7-13-26-17/h2-13,23H,14-15H2,1H3/p+1. The van der Waals surface area contributed by atoms with Crippen molar-refractivity contribution in [3.8, 4) is 11.3 Å². The molecular formula is C22H21N2O2+. The molecule has 2 aromatic heterocycles. The molecule has 0 aliphatic heterocycles. The highest BCUT2D eigenvalue weighted by Crippen LogP contribution is 2.33. The third-order valence-electron chi connectivity index (χ3n) is 4.69. The molecule has 4 aromatic rings. The van der Waals surface area contributed by atoms with E-state index in [0.717, 1.165) is 33.5 Å². The van der Waals surface area contributed by atoms with Gasteiger partial charge in [0, 0.05) is 18.0 Å². The number of para-hydroxylation sites is 1. The second kappa shape index (κ2) is 7.02. The molecule has 0 spiro atoms. The predicted molar refractivity (Wildman–Crippen MR) is 102 cm³/mol. The lowest BCUT2D eigenvalue weighted by Crippen LogP contribution is -2.84. The zero-order valence-corrected chi connectivity index (χ0v) is 14.7. The number of hydrogen-bond acceptors (Lipinski definition) is 2. The number of aromatic nitrogens is 1. The van der Waals surface area contributed by atoms with Crippen molar-refractivity contribution < 1.29 is 14.5 Å². The van der Waals surface area contributed by atoms with Gasteiger partial charge in [0.05, 0.1) is 17.5 Å². The Kier molecular flexibility index (Phi) is 4.42. The van der Waals surface area contributed by atoms with Crippen LogP contribution in [0.4, 0.5) is 0 Å². The molecule has 26 heavy (non-hydrogen) atoms. The summed E-state index contributed by atoms with van der Waals surface area (Å²) >= 11 is 0. The number of carbonyl (C=O) groups excluding carboxylic acids is 1. The van der Waals surface area contributed by atoms with Gasteiger partial charge in [0.15, 0.2) is 5.76 Å². The van der Waals surface area contributed by atoms with Gasteiger partial charge in [0.2, 0.25) is 5.78 Å². The molecule has 0 aliphatic rings. The summed E-state index contributed by atoms with van der Waals surface area (Å²) in [5, 5.41) is 2.99. The highest BCUT2D eigenvalue weighted by molar-refractivity contribution is 6.14. The van der Waals surface area contributed by atoms with E-state index in [0.29, 0.717) is 13.1 Å². The minimum atomic E-state index is 0.132. The van der Waals surface area contributed by atoms with Crippen LogP contribution in [0.1, 0.15) is 16.1 Å². The number of furan rings is 1. The Labute approximate surface area is 152 Å². The minimum Gasteiger partial charge on any atom is -0.463 e. The van der Waals surface area contributed by atoms with Crippen LogP contribution in [0.25, 0.3) is 22.2 Å². The fourth-order valence-electron chi connectivity index (χ4n) is 3.49. The molecule has 130 valence electrons. The topological polar surface area (TPSA) is 51.8 Å². The largest absolute Gasteiger partial charge is 0.463 e. The Bertz CT molecular complexity index is 1030. The lowest BCUT2D eigenvalue weighted by Gasteiger charge is -2.07. The molecule has 0 atom stereocenters. The Hall–Kier alpha value is -3.11. The molecule has 0 saturated heterocycles. The second-order valence-corrected chi connectivity index (χ2v) is 6.37. The van der Waals surface area contributed by atoms with E-state index < -0.39 is 0 Å². The number of rotatable bonds is 6. The van der Waals surface area contributed by atoms with Gasteiger partial charge >= 0.3 is 0 Å². The molecule has 0 bridgehead atoms. The number of ketones is 1. The highest BCUT2D eigenvalue weighted by atomic mass is 16.3. The van der Waals surface area contributed by atoms with Gasteiger partial charge in [-0.2, -0.15) is 0 Å². The first-order valence-electron chi connectivity index (χ1n) is 8.76. The van der Waals surface area contributed by atoms with Crippen molar-refractivity contribution in [2.24, 2.45) is 7.05 Å². The van der Waals surface area contributed by atoms with Crippen LogP contribution in [0, 0.1) is 0 Å². The van der Waals surface area contributed by atoms with Crippen molar-refractivity contribution in [1.29, 1.82) is 0 Å². The van der Waals surface area contributed by atoms with Gasteiger partial charge in [-0.3, -0.25) is 4.79 Å². The van der Waals surface area contributed by atoms with Crippen LogP contribution in [0.3, 0.4) is 0 Å². The lowest BCUT2D eigenvalue weighted by molar-refractivity contribution is -0.660. The van der Waals surface area contributed by atoms with Gasteiger partial charge in [-0.05, 0) is 23.8 Å². The fraction of sp³-hybridized carbons (Fsp3) is 0.136. The monoisotopic (exact) mass is 345 g/mol. The van der Waals surface area contributed by atoms with Gasteiger partial charge in [-0.25, -0.2) is 0 Å². The van der Waals surface area contributed by atoms with E-state index in [1.807, 2.05) is 60.9 Å². The fourth-order valence-corrected chi connectivity index (χ4v) is 3.49. The SMILES string of the molecule is Cn1c(-c2ccccc2)c(C(=O)C[NH2+]Cc2ccco2)c2ccccc21. The van der Waals surface area contributed by atoms with Crippen molar-refractivity contribution in [3.05, 3.63) is 84.3 Å². The maximum atomic E-state index is 13.1. The Balaban J connectivity index is 1.72. The first-order chi connectivity index (χ1) is 12.8. The molecule has 2 heterocycles. The van der Waals surface area contributed by atoms with Crippen LogP contribution in [0.2, 0.25) is 0 Å². The molecule has 2 N–H and O–H groups in total. The Morgan fingerprint density at radius 1 is 1.00 bits per heavy atom. The van der Waals surface area contributed by atoms with E-state index in [1.54, 1.807) is 6.26 Å². The molecule has 2 aromatic carbocycles. The number of fused-ring (bicyclic) bond motifs is 1. The number of nitrogens with two attached hydrogens (primary N) is 1. The zero-order valence-electron chi connectivity index (χ0n) is 14.7. The molecule has 4 heteroatoms. The Morgan fingerprint density at radius 2 is 1.77 bits per heavy atom. The lowest BCUT2D eigenvalue weighted by atomic mass is 10.0. The maximum absolute atomic E-state index is 13.1. The first-order valence-corrected chi connectivity index (χ1v) is 8.76. The molecule has 0 unspecified atom stereocenters. The molecule has 0 aliphatic carbocycles. The van der Waals surface area contributed by atoms with E-state index in [1.165, 1.54) is 0 Å². The average Bonchev–Trinajstić information content (AvgIpc) is 3.29. The molecule has 4 nitrogen and oxygen atoms in total. The van der Waals surface area contributed by atoms with Crippen molar-refractivity contribution in [2.45, 2.75) is 6.54 Å². The second-order valence-electron chi connectivity index (χ2n) is 6.37. The van der Waals surface area contributed by atoms with Gasteiger partial charge in [-0.15, -0.1) is 0 Å². The van der Waals surface area contributed by atoms with E-state index in [4.69, 9.17) is 4.42 Å². The van der Waals surface area contributed by atoms with Crippen molar-refractivity contribution >= 4 is 16.7 Å². The summed E-state index contributed by atoms with van der Waals surface area (Å²) in [5.41, 5.74) is 3.90. The number of carbonyl (C=O) groups is 1. The summed E-state index contributed by atoms with van der Waals surface area (Å²) in [7, 11) is 2.02. The summed E-state index contributed by atoms with van der Waals surface area (Å²) in [5.74, 6) is 1.01. The maximum Gasteiger partial charge on any atom is 0.219 e. The van der Waals surface area contributed by atoms with Gasteiger partial charge in [0.1, 0.15) is 13.1 Å². The van der Waals surface area contributed by atoms with Crippen LogP contribution >= 0.6 is 0 Å². The number of quaternary nitrogens is 1. The van der Waals surface area contributed by atoms with Crippen molar-refractivity contribution in [3.63, 3.8) is 0 Å². The normalized spacial score (nSPS) is 11.1. The highest BCUT2D eigenvalue weighted by Gasteiger charge is 2.22. The molecule has 0 radical (unpaired) electrons. The van der Waals surface area contributed by atoms with Crippen LogP contribution in [-0.2, 0) is 13.6 Å². The van der Waals surface area contributed by atoms with E-state index in [-0.39, 0.29) is 5.78 Å². The summed E-state index contributed by atoms with van der Waals surface area (Å²) in [6.45, 7) is 1.04. The Morgan fingerprint density at radius 3 is 2.54 bits per heavy atom. The number of aryl methyl sites for hydroxylation is 1. The van der Waals surface area contributed by atoms with Gasteiger partial charge in [-0.1, -0.05) is 48.5 Å². The third-order valence-corrected chi connectivity index (χ3v) is 4.69. The first kappa shape index (κ1) is 16.4. The average molecular weight is 345 g/mol. The van der Waals surface area contributed by atoms with Crippen LogP contribution < -0.4 is 5.32 Å². The third kappa shape index (κ3) is 2.95. The molecule has 0 amide bonds. The summed E-state index contributed by atoms with van der Waals surface area (Å²) in [6.07, 6.45) is 1.66. The van der Waals surface area contributed by atoms with E-state index in [2.05, 4.69) is 22.8 Å². The van der Waals surface area contributed by atoms with Gasteiger partial charge < -0.3 is 14.3 Å². The minimum absolute atomic E-state index is 0.132. The summed E-state index contributed by atoms with van der Waals surface area (Å²) in [4.78, 5) is 13.1. The van der Waals surface area contributed by atoms with Crippen LogP contribution in [0.15, 0.2) is 77.4 Å². The molecule has 0 saturated carbocycles.